The van der Waals surface area contributed by atoms with Crippen molar-refractivity contribution < 1.29 is 14.3 Å². The quantitative estimate of drug-likeness (QED) is 0.638. The molecule has 0 radical (unpaired) electrons. The summed E-state index contributed by atoms with van der Waals surface area (Å²) in [5.74, 6) is 1.59. The van der Waals surface area contributed by atoms with E-state index in [0.29, 0.717) is 6.42 Å². The van der Waals surface area contributed by atoms with Gasteiger partial charge in [-0.2, -0.15) is 0 Å². The fourth-order valence-electron chi connectivity index (χ4n) is 1.45. The molecular weight excluding hydrogens is 168 g/mol. The van der Waals surface area contributed by atoms with Gasteiger partial charge in [0, 0.05) is 12.0 Å². The van der Waals surface area contributed by atoms with Crippen molar-refractivity contribution in [3.05, 3.63) is 23.8 Å². The monoisotopic (exact) mass is 178 g/mol. The highest BCUT2D eigenvalue weighted by molar-refractivity contribution is 5.61. The Morgan fingerprint density at radius 3 is 3.15 bits per heavy atom. The fraction of sp³-hybridized carbons (Fsp3) is 0.300. The number of benzene rings is 1. The Kier molecular flexibility index (Phi) is 1.93. The summed E-state index contributed by atoms with van der Waals surface area (Å²) >= 11 is 0. The number of ether oxygens (including phenoxy) is 2. The summed E-state index contributed by atoms with van der Waals surface area (Å²) in [5, 5.41) is 0. The van der Waals surface area contributed by atoms with Gasteiger partial charge in [-0.15, -0.1) is 0 Å². The largest absolute Gasteiger partial charge is 0.497 e. The van der Waals surface area contributed by atoms with E-state index in [-0.39, 0.29) is 6.10 Å². The smallest absolute Gasteiger partial charge is 0.160 e. The van der Waals surface area contributed by atoms with Crippen LogP contribution in [0.5, 0.6) is 11.5 Å². The maximum absolute atomic E-state index is 10.5. The van der Waals surface area contributed by atoms with E-state index in [9.17, 15) is 4.79 Å². The zero-order valence-electron chi connectivity index (χ0n) is 7.32. The third kappa shape index (κ3) is 1.37. The molecule has 1 heterocycles. The standard InChI is InChI=1S/C10H10O3/c1-12-8-2-3-10-7(4-8)5-9(6-11)13-10/h2-4,6,9H,5H2,1H3. The van der Waals surface area contributed by atoms with E-state index in [4.69, 9.17) is 9.47 Å². The van der Waals surface area contributed by atoms with E-state index in [0.717, 1.165) is 23.3 Å². The van der Waals surface area contributed by atoms with Crippen LogP contribution < -0.4 is 9.47 Å². The minimum atomic E-state index is -0.317. The van der Waals surface area contributed by atoms with Crippen molar-refractivity contribution in [1.82, 2.24) is 0 Å². The van der Waals surface area contributed by atoms with Gasteiger partial charge in [-0.3, -0.25) is 4.79 Å². The van der Waals surface area contributed by atoms with E-state index in [1.54, 1.807) is 7.11 Å². The molecular formula is C10H10O3. The van der Waals surface area contributed by atoms with Gasteiger partial charge in [-0.25, -0.2) is 0 Å². The van der Waals surface area contributed by atoms with Gasteiger partial charge < -0.3 is 9.47 Å². The topological polar surface area (TPSA) is 35.5 Å². The lowest BCUT2D eigenvalue weighted by Crippen LogP contribution is -2.13. The number of carbonyl (C=O) groups is 1. The van der Waals surface area contributed by atoms with Crippen molar-refractivity contribution in [2.45, 2.75) is 12.5 Å². The average Bonchev–Trinajstić information content (AvgIpc) is 2.58. The molecule has 0 spiro atoms. The normalized spacial score (nSPS) is 19.0. The van der Waals surface area contributed by atoms with Crippen LogP contribution in [0.2, 0.25) is 0 Å². The summed E-state index contributed by atoms with van der Waals surface area (Å²) in [4.78, 5) is 10.5. The van der Waals surface area contributed by atoms with Crippen LogP contribution in [0.3, 0.4) is 0 Å². The lowest BCUT2D eigenvalue weighted by molar-refractivity contribution is -0.113. The summed E-state index contributed by atoms with van der Waals surface area (Å²) in [5.41, 5.74) is 1.04. The summed E-state index contributed by atoms with van der Waals surface area (Å²) in [6.45, 7) is 0. The summed E-state index contributed by atoms with van der Waals surface area (Å²) in [6, 6.07) is 5.56. The lowest BCUT2D eigenvalue weighted by atomic mass is 10.1. The Balaban J connectivity index is 2.30. The van der Waals surface area contributed by atoms with Gasteiger partial charge in [-0.1, -0.05) is 0 Å². The molecule has 1 aromatic carbocycles. The zero-order valence-corrected chi connectivity index (χ0v) is 7.32. The number of carbonyl (C=O) groups excluding carboxylic acids is 1. The Morgan fingerprint density at radius 1 is 1.62 bits per heavy atom. The van der Waals surface area contributed by atoms with Crippen LogP contribution in [0.4, 0.5) is 0 Å². The third-order valence-electron chi connectivity index (χ3n) is 2.12. The first-order valence-corrected chi connectivity index (χ1v) is 4.12. The molecule has 0 aromatic heterocycles. The number of methoxy groups -OCH3 is 1. The predicted molar refractivity (Wildman–Crippen MR) is 47.2 cm³/mol. The summed E-state index contributed by atoms with van der Waals surface area (Å²) in [7, 11) is 1.62. The molecule has 1 aromatic rings. The van der Waals surface area contributed by atoms with Crippen LogP contribution >= 0.6 is 0 Å². The molecule has 1 unspecified atom stereocenters. The zero-order chi connectivity index (χ0) is 9.26. The molecule has 1 aliphatic heterocycles. The minimum Gasteiger partial charge on any atom is -0.497 e. The van der Waals surface area contributed by atoms with E-state index >= 15 is 0 Å². The Hall–Kier alpha value is -1.51. The highest BCUT2D eigenvalue weighted by Crippen LogP contribution is 2.31. The van der Waals surface area contributed by atoms with Gasteiger partial charge in [0.1, 0.15) is 11.5 Å². The van der Waals surface area contributed by atoms with Crippen molar-refractivity contribution in [2.75, 3.05) is 7.11 Å². The van der Waals surface area contributed by atoms with Crippen molar-refractivity contribution in [3.63, 3.8) is 0 Å². The molecule has 0 aliphatic carbocycles. The molecule has 0 N–H and O–H groups in total. The second kappa shape index (κ2) is 3.09. The molecule has 1 atom stereocenters. The molecule has 68 valence electrons. The molecule has 13 heavy (non-hydrogen) atoms. The Labute approximate surface area is 76.3 Å². The molecule has 0 saturated heterocycles. The Bertz CT molecular complexity index is 333. The maximum atomic E-state index is 10.5. The van der Waals surface area contributed by atoms with Gasteiger partial charge in [0.15, 0.2) is 12.4 Å². The van der Waals surface area contributed by atoms with Gasteiger partial charge in [0.25, 0.3) is 0 Å². The SMILES string of the molecule is COc1ccc2c(c1)CC(C=O)O2. The molecule has 0 fully saturated rings. The number of rotatable bonds is 2. The number of hydrogen-bond acceptors (Lipinski definition) is 3. The van der Waals surface area contributed by atoms with Crippen molar-refractivity contribution in [3.8, 4) is 11.5 Å². The van der Waals surface area contributed by atoms with Crippen LogP contribution in [0.25, 0.3) is 0 Å². The summed E-state index contributed by atoms with van der Waals surface area (Å²) < 4.78 is 10.4. The summed E-state index contributed by atoms with van der Waals surface area (Å²) in [6.07, 6.45) is 1.16. The first-order valence-electron chi connectivity index (χ1n) is 4.12. The molecule has 0 amide bonds. The molecule has 2 rings (SSSR count). The van der Waals surface area contributed by atoms with E-state index in [1.165, 1.54) is 0 Å². The molecule has 3 heteroatoms. The molecule has 0 bridgehead atoms. The van der Waals surface area contributed by atoms with Crippen LogP contribution in [0.1, 0.15) is 5.56 Å². The van der Waals surface area contributed by atoms with Crippen molar-refractivity contribution in [2.24, 2.45) is 0 Å². The van der Waals surface area contributed by atoms with Crippen molar-refractivity contribution >= 4 is 6.29 Å². The number of aldehydes is 1. The molecule has 0 saturated carbocycles. The van der Waals surface area contributed by atoms with Gasteiger partial charge in [0.2, 0.25) is 0 Å². The number of fused-ring (bicyclic) bond motifs is 1. The predicted octanol–water partition coefficient (Wildman–Crippen LogP) is 1.20. The molecule has 3 nitrogen and oxygen atoms in total. The van der Waals surface area contributed by atoms with Crippen LogP contribution in [0, 0.1) is 0 Å². The second-order valence-corrected chi connectivity index (χ2v) is 2.97. The third-order valence-corrected chi connectivity index (χ3v) is 2.12. The fourth-order valence-corrected chi connectivity index (χ4v) is 1.45. The van der Waals surface area contributed by atoms with Crippen LogP contribution in [-0.2, 0) is 11.2 Å². The van der Waals surface area contributed by atoms with Crippen molar-refractivity contribution in [1.29, 1.82) is 0 Å². The Morgan fingerprint density at radius 2 is 2.46 bits per heavy atom. The van der Waals surface area contributed by atoms with E-state index in [1.807, 2.05) is 18.2 Å². The molecule has 1 aliphatic rings. The van der Waals surface area contributed by atoms with Crippen LogP contribution in [-0.4, -0.2) is 19.5 Å². The average molecular weight is 178 g/mol. The minimum absolute atomic E-state index is 0.317. The maximum Gasteiger partial charge on any atom is 0.160 e. The highest BCUT2D eigenvalue weighted by Gasteiger charge is 2.22. The lowest BCUT2D eigenvalue weighted by Gasteiger charge is -2.02. The van der Waals surface area contributed by atoms with Crippen LogP contribution in [0.15, 0.2) is 18.2 Å². The van der Waals surface area contributed by atoms with Gasteiger partial charge >= 0.3 is 0 Å². The first-order chi connectivity index (χ1) is 6.33. The first kappa shape index (κ1) is 8.10. The highest BCUT2D eigenvalue weighted by atomic mass is 16.5. The van der Waals surface area contributed by atoms with Gasteiger partial charge in [-0.05, 0) is 18.2 Å². The van der Waals surface area contributed by atoms with Gasteiger partial charge in [0.05, 0.1) is 7.11 Å². The van der Waals surface area contributed by atoms with E-state index in [2.05, 4.69) is 0 Å². The number of hydrogen-bond donors (Lipinski definition) is 0. The second-order valence-electron chi connectivity index (χ2n) is 2.97. The van der Waals surface area contributed by atoms with E-state index < -0.39 is 0 Å².